The summed E-state index contributed by atoms with van der Waals surface area (Å²) in [6.45, 7) is 3.92. The number of carbonyl (C=O) groups excluding carboxylic acids is 1. The lowest BCUT2D eigenvalue weighted by Crippen LogP contribution is -2.30. The Bertz CT molecular complexity index is 554. The Labute approximate surface area is 129 Å². The minimum Gasteiger partial charge on any atom is -0.493 e. The molecule has 1 aromatic carbocycles. The molecule has 0 aliphatic carbocycles. The van der Waals surface area contributed by atoms with Crippen molar-refractivity contribution >= 4 is 17.7 Å². The van der Waals surface area contributed by atoms with Crippen molar-refractivity contribution in [3.8, 4) is 11.5 Å². The Hall–Kier alpha value is -1.62. The summed E-state index contributed by atoms with van der Waals surface area (Å²) in [7, 11) is 3.25. The van der Waals surface area contributed by atoms with Crippen molar-refractivity contribution in [3.05, 3.63) is 34.7 Å². The molecule has 0 radical (unpaired) electrons. The molecule has 0 aromatic heterocycles. The summed E-state index contributed by atoms with van der Waals surface area (Å²) in [5.41, 5.74) is 1.14. The first-order chi connectivity index (χ1) is 10.0. The van der Waals surface area contributed by atoms with Gasteiger partial charge in [0.05, 0.1) is 19.1 Å². The van der Waals surface area contributed by atoms with Gasteiger partial charge in [0.25, 0.3) is 5.91 Å². The van der Waals surface area contributed by atoms with Gasteiger partial charge in [-0.05, 0) is 38.0 Å². The zero-order chi connectivity index (χ0) is 15.4. The lowest BCUT2D eigenvalue weighted by Gasteiger charge is -2.14. The van der Waals surface area contributed by atoms with Gasteiger partial charge < -0.3 is 14.8 Å². The topological polar surface area (TPSA) is 47.6 Å². The van der Waals surface area contributed by atoms with E-state index in [-0.39, 0.29) is 17.2 Å². The molecule has 1 aliphatic rings. The summed E-state index contributed by atoms with van der Waals surface area (Å²) in [6.07, 6.45) is 2.85. The molecule has 0 bridgehead atoms. The van der Waals surface area contributed by atoms with Crippen LogP contribution in [-0.2, 0) is 4.79 Å². The van der Waals surface area contributed by atoms with E-state index in [0.717, 1.165) is 28.4 Å². The van der Waals surface area contributed by atoms with Crippen LogP contribution in [0.5, 0.6) is 11.5 Å². The van der Waals surface area contributed by atoms with Gasteiger partial charge in [0.2, 0.25) is 0 Å². The highest BCUT2D eigenvalue weighted by atomic mass is 32.2. The van der Waals surface area contributed by atoms with Gasteiger partial charge in [-0.2, -0.15) is 0 Å². The van der Waals surface area contributed by atoms with Gasteiger partial charge in [0, 0.05) is 11.3 Å². The molecular weight excluding hydrogens is 286 g/mol. The molecule has 21 heavy (non-hydrogen) atoms. The second kappa shape index (κ2) is 6.89. The van der Waals surface area contributed by atoms with Crippen molar-refractivity contribution in [1.29, 1.82) is 0 Å². The standard InChI is InChI=1S/C16H21NO3S/c1-10(2)17-16(18)15-8-7-14(21-15)11-5-6-12(19-3)13(9-11)20-4/h5-6,8-10,14H,7H2,1-4H3,(H,17,18). The molecule has 1 aliphatic heterocycles. The maximum absolute atomic E-state index is 12.0. The molecule has 5 heteroatoms. The van der Waals surface area contributed by atoms with E-state index < -0.39 is 0 Å². The van der Waals surface area contributed by atoms with Gasteiger partial charge in [0.15, 0.2) is 11.5 Å². The molecule has 1 N–H and O–H groups in total. The number of nitrogens with one attached hydrogen (secondary N) is 1. The van der Waals surface area contributed by atoms with E-state index in [2.05, 4.69) is 5.32 Å². The quantitative estimate of drug-likeness (QED) is 0.907. The van der Waals surface area contributed by atoms with Crippen LogP contribution in [0.15, 0.2) is 29.2 Å². The van der Waals surface area contributed by atoms with Crippen LogP contribution in [0.25, 0.3) is 0 Å². The van der Waals surface area contributed by atoms with Crippen LogP contribution in [0.4, 0.5) is 0 Å². The number of allylic oxidation sites excluding steroid dienone is 1. The molecular formula is C16H21NO3S. The highest BCUT2D eigenvalue weighted by Crippen LogP contribution is 2.45. The van der Waals surface area contributed by atoms with Crippen LogP contribution in [0, 0.1) is 0 Å². The number of rotatable bonds is 5. The maximum atomic E-state index is 12.0. The van der Waals surface area contributed by atoms with Crippen molar-refractivity contribution in [1.82, 2.24) is 5.32 Å². The summed E-state index contributed by atoms with van der Waals surface area (Å²) in [4.78, 5) is 12.8. The molecule has 4 nitrogen and oxygen atoms in total. The first-order valence-corrected chi connectivity index (χ1v) is 7.82. The molecule has 2 rings (SSSR count). The smallest absolute Gasteiger partial charge is 0.257 e. The summed E-state index contributed by atoms with van der Waals surface area (Å²) in [5.74, 6) is 1.45. The second-order valence-electron chi connectivity index (χ2n) is 5.15. The van der Waals surface area contributed by atoms with Crippen molar-refractivity contribution in [2.45, 2.75) is 31.6 Å². The van der Waals surface area contributed by atoms with Gasteiger partial charge in [-0.15, -0.1) is 11.8 Å². The molecule has 1 aromatic rings. The van der Waals surface area contributed by atoms with Crippen molar-refractivity contribution in [2.75, 3.05) is 14.2 Å². The summed E-state index contributed by atoms with van der Waals surface area (Å²) in [6, 6.07) is 6.06. The molecule has 114 valence electrons. The van der Waals surface area contributed by atoms with Gasteiger partial charge in [-0.3, -0.25) is 4.79 Å². The summed E-state index contributed by atoms with van der Waals surface area (Å²) < 4.78 is 10.6. The number of ether oxygens (including phenoxy) is 2. The van der Waals surface area contributed by atoms with Gasteiger partial charge >= 0.3 is 0 Å². The van der Waals surface area contributed by atoms with E-state index in [4.69, 9.17) is 9.47 Å². The number of benzene rings is 1. The highest BCUT2D eigenvalue weighted by Gasteiger charge is 2.25. The monoisotopic (exact) mass is 307 g/mol. The fourth-order valence-corrected chi connectivity index (χ4v) is 3.34. The van der Waals surface area contributed by atoms with Crippen molar-refractivity contribution in [3.63, 3.8) is 0 Å². The molecule has 1 atom stereocenters. The second-order valence-corrected chi connectivity index (χ2v) is 6.40. The normalized spacial score (nSPS) is 17.6. The molecule has 0 saturated heterocycles. The van der Waals surface area contributed by atoms with Crippen LogP contribution in [-0.4, -0.2) is 26.2 Å². The number of amides is 1. The Balaban J connectivity index is 2.07. The third-order valence-electron chi connectivity index (χ3n) is 3.21. The number of hydrogen-bond donors (Lipinski definition) is 1. The third kappa shape index (κ3) is 3.73. The first-order valence-electron chi connectivity index (χ1n) is 6.94. The largest absolute Gasteiger partial charge is 0.493 e. The molecule has 1 heterocycles. The Morgan fingerprint density at radius 1 is 1.29 bits per heavy atom. The van der Waals surface area contributed by atoms with E-state index in [0.29, 0.717) is 0 Å². The minimum absolute atomic E-state index is 0.0120. The van der Waals surface area contributed by atoms with Crippen LogP contribution < -0.4 is 14.8 Å². The fourth-order valence-electron chi connectivity index (χ4n) is 2.20. The van der Waals surface area contributed by atoms with Crippen LogP contribution in [0.2, 0.25) is 0 Å². The van der Waals surface area contributed by atoms with Crippen molar-refractivity contribution < 1.29 is 14.3 Å². The highest BCUT2D eigenvalue weighted by molar-refractivity contribution is 8.04. The number of hydrogen-bond acceptors (Lipinski definition) is 4. The minimum atomic E-state index is 0.0120. The van der Waals surface area contributed by atoms with Gasteiger partial charge in [0.1, 0.15) is 0 Å². The van der Waals surface area contributed by atoms with Gasteiger partial charge in [-0.25, -0.2) is 0 Å². The van der Waals surface area contributed by atoms with E-state index in [1.165, 1.54) is 0 Å². The Morgan fingerprint density at radius 3 is 2.62 bits per heavy atom. The zero-order valence-electron chi connectivity index (χ0n) is 12.8. The van der Waals surface area contributed by atoms with Crippen LogP contribution in [0.3, 0.4) is 0 Å². The van der Waals surface area contributed by atoms with E-state index in [1.54, 1.807) is 26.0 Å². The average molecular weight is 307 g/mol. The van der Waals surface area contributed by atoms with Crippen LogP contribution in [0.1, 0.15) is 31.1 Å². The molecule has 0 spiro atoms. The number of methoxy groups -OCH3 is 2. The van der Waals surface area contributed by atoms with Crippen molar-refractivity contribution in [2.24, 2.45) is 0 Å². The summed E-state index contributed by atoms with van der Waals surface area (Å²) in [5, 5.41) is 3.17. The predicted molar refractivity (Wildman–Crippen MR) is 85.9 cm³/mol. The van der Waals surface area contributed by atoms with E-state index in [9.17, 15) is 4.79 Å². The lowest BCUT2D eigenvalue weighted by atomic mass is 10.1. The van der Waals surface area contributed by atoms with Gasteiger partial charge in [-0.1, -0.05) is 12.1 Å². The average Bonchev–Trinajstić information content (AvgIpc) is 2.95. The van der Waals surface area contributed by atoms with Crippen LogP contribution >= 0.6 is 11.8 Å². The lowest BCUT2D eigenvalue weighted by molar-refractivity contribution is -0.117. The van der Waals surface area contributed by atoms with E-state index >= 15 is 0 Å². The Kier molecular flexibility index (Phi) is 5.17. The zero-order valence-corrected chi connectivity index (χ0v) is 13.6. The van der Waals surface area contributed by atoms with E-state index in [1.807, 2.05) is 38.1 Å². The molecule has 0 saturated carbocycles. The number of thioether (sulfide) groups is 1. The SMILES string of the molecule is COc1ccc(C2CC=C(C(=O)NC(C)C)S2)cc1OC. The fraction of sp³-hybridized carbons (Fsp3) is 0.438. The Morgan fingerprint density at radius 2 is 2.00 bits per heavy atom. The third-order valence-corrected chi connectivity index (χ3v) is 4.56. The first kappa shape index (κ1) is 15.8. The number of carbonyl (C=O) groups is 1. The molecule has 0 fully saturated rings. The predicted octanol–water partition coefficient (Wildman–Crippen LogP) is 3.29. The maximum Gasteiger partial charge on any atom is 0.257 e. The molecule has 1 unspecified atom stereocenters. The summed E-state index contributed by atoms with van der Waals surface area (Å²) >= 11 is 1.60. The molecule has 1 amide bonds.